The Kier molecular flexibility index (Phi) is 4.37. The van der Waals surface area contributed by atoms with Crippen molar-refractivity contribution in [3.05, 3.63) is 103 Å². The maximum atomic E-state index is 4.82. The summed E-state index contributed by atoms with van der Waals surface area (Å²) >= 11 is 0. The standard InChI is InChI=1S/C28H23N/c1-19(2)22-16-23(20-8-4-3-5-9-20)18-24(17-22)28-27-13-12-21-10-6-7-11-25(21)26(27)14-15-29-28/h3-19H,1-2H3. The Morgan fingerprint density at radius 1 is 0.586 bits per heavy atom. The second kappa shape index (κ2) is 7.18. The first kappa shape index (κ1) is 17.6. The average Bonchev–Trinajstić information content (AvgIpc) is 2.78. The topological polar surface area (TPSA) is 12.9 Å². The molecule has 0 amide bonds. The molecule has 0 saturated carbocycles. The fraction of sp³-hybridized carbons (Fsp3) is 0.107. The van der Waals surface area contributed by atoms with Crippen LogP contribution in [0.1, 0.15) is 25.3 Å². The molecule has 0 fully saturated rings. The highest BCUT2D eigenvalue weighted by Gasteiger charge is 2.12. The fourth-order valence-electron chi connectivity index (χ4n) is 4.09. The average molecular weight is 373 g/mol. The first-order valence-corrected chi connectivity index (χ1v) is 10.2. The van der Waals surface area contributed by atoms with Gasteiger partial charge in [-0.1, -0.05) is 86.6 Å². The lowest BCUT2D eigenvalue weighted by Crippen LogP contribution is -1.93. The molecule has 0 aliphatic carbocycles. The van der Waals surface area contributed by atoms with Gasteiger partial charge in [-0.05, 0) is 57.0 Å². The van der Waals surface area contributed by atoms with Crippen LogP contribution in [0.15, 0.2) is 97.2 Å². The molecule has 29 heavy (non-hydrogen) atoms. The molecule has 1 nitrogen and oxygen atoms in total. The van der Waals surface area contributed by atoms with Crippen LogP contribution in [-0.4, -0.2) is 4.98 Å². The van der Waals surface area contributed by atoms with Crippen LogP contribution in [0.5, 0.6) is 0 Å². The molecule has 4 aromatic carbocycles. The van der Waals surface area contributed by atoms with Crippen molar-refractivity contribution in [1.29, 1.82) is 0 Å². The third-order valence-electron chi connectivity index (χ3n) is 5.67. The number of benzene rings is 4. The van der Waals surface area contributed by atoms with Gasteiger partial charge in [0.2, 0.25) is 0 Å². The van der Waals surface area contributed by atoms with Gasteiger partial charge < -0.3 is 0 Å². The number of rotatable bonds is 3. The van der Waals surface area contributed by atoms with Crippen molar-refractivity contribution >= 4 is 21.5 Å². The third kappa shape index (κ3) is 3.19. The number of nitrogens with zero attached hydrogens (tertiary/aromatic N) is 1. The summed E-state index contributed by atoms with van der Waals surface area (Å²) < 4.78 is 0. The highest BCUT2D eigenvalue weighted by Crippen LogP contribution is 2.35. The quantitative estimate of drug-likeness (QED) is 0.293. The molecule has 0 aliphatic heterocycles. The highest BCUT2D eigenvalue weighted by molar-refractivity contribution is 6.11. The van der Waals surface area contributed by atoms with Crippen LogP contribution >= 0.6 is 0 Å². The van der Waals surface area contributed by atoms with Crippen molar-refractivity contribution in [1.82, 2.24) is 4.98 Å². The summed E-state index contributed by atoms with van der Waals surface area (Å²) in [5.74, 6) is 0.452. The van der Waals surface area contributed by atoms with Crippen molar-refractivity contribution in [2.45, 2.75) is 19.8 Å². The monoisotopic (exact) mass is 373 g/mol. The summed E-state index contributed by atoms with van der Waals surface area (Å²) in [6.45, 7) is 4.50. The Morgan fingerprint density at radius 3 is 2.17 bits per heavy atom. The number of hydrogen-bond donors (Lipinski definition) is 0. The predicted molar refractivity (Wildman–Crippen MR) is 124 cm³/mol. The molecule has 1 heteroatoms. The van der Waals surface area contributed by atoms with Gasteiger partial charge in [0.15, 0.2) is 0 Å². The largest absolute Gasteiger partial charge is 0.256 e. The number of pyridine rings is 1. The van der Waals surface area contributed by atoms with Crippen molar-refractivity contribution in [3.8, 4) is 22.4 Å². The minimum absolute atomic E-state index is 0.452. The second-order valence-electron chi connectivity index (χ2n) is 7.91. The molecule has 0 saturated heterocycles. The summed E-state index contributed by atoms with van der Waals surface area (Å²) in [7, 11) is 0. The molecule has 0 atom stereocenters. The number of fused-ring (bicyclic) bond motifs is 3. The van der Waals surface area contributed by atoms with E-state index in [1.807, 2.05) is 6.20 Å². The van der Waals surface area contributed by atoms with Crippen molar-refractivity contribution in [3.63, 3.8) is 0 Å². The van der Waals surface area contributed by atoms with Gasteiger partial charge in [0, 0.05) is 17.1 Å². The maximum Gasteiger partial charge on any atom is 0.0780 e. The van der Waals surface area contributed by atoms with E-state index in [9.17, 15) is 0 Å². The minimum Gasteiger partial charge on any atom is -0.256 e. The van der Waals surface area contributed by atoms with Gasteiger partial charge in [0.25, 0.3) is 0 Å². The van der Waals surface area contributed by atoms with Crippen molar-refractivity contribution < 1.29 is 0 Å². The predicted octanol–water partition coefficient (Wildman–Crippen LogP) is 7.85. The summed E-state index contributed by atoms with van der Waals surface area (Å²) in [6, 6.07) is 32.6. The van der Waals surface area contributed by atoms with Crippen LogP contribution in [0, 0.1) is 0 Å². The summed E-state index contributed by atoms with van der Waals surface area (Å²) in [4.78, 5) is 4.82. The van der Waals surface area contributed by atoms with Crippen LogP contribution in [-0.2, 0) is 0 Å². The molecular weight excluding hydrogens is 350 g/mol. The molecule has 1 heterocycles. The van der Waals surface area contributed by atoms with Gasteiger partial charge >= 0.3 is 0 Å². The van der Waals surface area contributed by atoms with E-state index in [-0.39, 0.29) is 0 Å². The molecule has 140 valence electrons. The summed E-state index contributed by atoms with van der Waals surface area (Å²) in [5, 5.41) is 4.99. The molecule has 5 aromatic rings. The van der Waals surface area contributed by atoms with Gasteiger partial charge in [-0.2, -0.15) is 0 Å². The Bertz CT molecular complexity index is 1320. The van der Waals surface area contributed by atoms with Crippen LogP contribution in [0.2, 0.25) is 0 Å². The van der Waals surface area contributed by atoms with Gasteiger partial charge in [-0.25, -0.2) is 0 Å². The first-order chi connectivity index (χ1) is 14.2. The van der Waals surface area contributed by atoms with E-state index < -0.39 is 0 Å². The smallest absolute Gasteiger partial charge is 0.0780 e. The van der Waals surface area contributed by atoms with Gasteiger partial charge in [0.05, 0.1) is 5.69 Å². The van der Waals surface area contributed by atoms with E-state index in [0.29, 0.717) is 5.92 Å². The van der Waals surface area contributed by atoms with Gasteiger partial charge in [-0.15, -0.1) is 0 Å². The molecule has 0 spiro atoms. The molecule has 5 rings (SSSR count). The van der Waals surface area contributed by atoms with E-state index in [1.54, 1.807) is 0 Å². The van der Waals surface area contributed by atoms with Crippen molar-refractivity contribution in [2.75, 3.05) is 0 Å². The Hall–Kier alpha value is -3.45. The Balaban J connectivity index is 1.78. The lowest BCUT2D eigenvalue weighted by molar-refractivity contribution is 0.867. The Labute approximate surface area is 171 Å². The zero-order valence-electron chi connectivity index (χ0n) is 16.8. The van der Waals surface area contributed by atoms with E-state index in [2.05, 4.69) is 105 Å². The number of aromatic nitrogens is 1. The molecule has 0 aliphatic rings. The van der Waals surface area contributed by atoms with Gasteiger partial charge in [-0.3, -0.25) is 4.98 Å². The molecule has 0 unspecified atom stereocenters. The molecule has 0 radical (unpaired) electrons. The second-order valence-corrected chi connectivity index (χ2v) is 7.91. The highest BCUT2D eigenvalue weighted by atomic mass is 14.7. The summed E-state index contributed by atoms with van der Waals surface area (Å²) in [6.07, 6.45) is 1.94. The zero-order valence-corrected chi connectivity index (χ0v) is 16.8. The molecule has 0 bridgehead atoms. The molecular formula is C28H23N. The Morgan fingerprint density at radius 2 is 1.34 bits per heavy atom. The summed E-state index contributed by atoms with van der Waals surface area (Å²) in [5.41, 5.74) is 6.04. The van der Waals surface area contributed by atoms with E-state index in [1.165, 1.54) is 43.8 Å². The lowest BCUT2D eigenvalue weighted by atomic mass is 9.92. The van der Waals surface area contributed by atoms with Crippen LogP contribution in [0.4, 0.5) is 0 Å². The van der Waals surface area contributed by atoms with Gasteiger partial charge in [0.1, 0.15) is 0 Å². The van der Waals surface area contributed by atoms with E-state index in [0.717, 1.165) is 5.69 Å². The maximum absolute atomic E-state index is 4.82. The molecule has 1 aromatic heterocycles. The first-order valence-electron chi connectivity index (χ1n) is 10.2. The van der Waals surface area contributed by atoms with Crippen LogP contribution < -0.4 is 0 Å². The van der Waals surface area contributed by atoms with Crippen molar-refractivity contribution in [2.24, 2.45) is 0 Å². The SMILES string of the molecule is CC(C)c1cc(-c2ccccc2)cc(-c2nccc3c2ccc2ccccc23)c1. The lowest BCUT2D eigenvalue weighted by Gasteiger charge is -2.14. The fourth-order valence-corrected chi connectivity index (χ4v) is 4.09. The van der Waals surface area contributed by atoms with E-state index >= 15 is 0 Å². The molecule has 0 N–H and O–H groups in total. The van der Waals surface area contributed by atoms with E-state index in [4.69, 9.17) is 4.98 Å². The zero-order chi connectivity index (χ0) is 19.8. The van der Waals surface area contributed by atoms with Crippen LogP contribution in [0.3, 0.4) is 0 Å². The minimum atomic E-state index is 0.452. The number of hydrogen-bond acceptors (Lipinski definition) is 1. The van der Waals surface area contributed by atoms with Crippen LogP contribution in [0.25, 0.3) is 43.9 Å². The third-order valence-corrected chi connectivity index (χ3v) is 5.67. The normalized spacial score (nSPS) is 11.4.